The van der Waals surface area contributed by atoms with Gasteiger partial charge in [0, 0.05) is 6.54 Å². The number of hydrogen-bond donors (Lipinski definition) is 1. The number of amides is 1. The van der Waals surface area contributed by atoms with Crippen molar-refractivity contribution in [2.45, 2.75) is 25.8 Å². The lowest BCUT2D eigenvalue weighted by molar-refractivity contribution is -0.134. The molecule has 1 aliphatic rings. The van der Waals surface area contributed by atoms with Gasteiger partial charge in [-0.05, 0) is 53.4 Å². The highest BCUT2D eigenvalue weighted by Gasteiger charge is 2.28. The Morgan fingerprint density at radius 1 is 1.58 bits per heavy atom. The molecule has 1 N–H and O–H groups in total. The minimum Gasteiger partial charge on any atom is -0.483 e. The van der Waals surface area contributed by atoms with Crippen molar-refractivity contribution in [1.29, 1.82) is 0 Å². The van der Waals surface area contributed by atoms with Crippen molar-refractivity contribution in [1.82, 2.24) is 4.90 Å². The molecule has 2 rings (SSSR count). The van der Waals surface area contributed by atoms with Crippen LogP contribution in [-0.2, 0) is 4.79 Å². The lowest BCUT2D eigenvalue weighted by Gasteiger charge is -2.23. The van der Waals surface area contributed by atoms with E-state index in [0.717, 1.165) is 22.9 Å². The van der Waals surface area contributed by atoms with E-state index in [9.17, 15) is 9.90 Å². The second-order valence-electron chi connectivity index (χ2n) is 4.79. The number of carbonyl (C=O) groups is 1. The molecule has 1 amide bonds. The summed E-state index contributed by atoms with van der Waals surface area (Å²) >= 11 is 3.42. The second-order valence-corrected chi connectivity index (χ2v) is 5.64. The lowest BCUT2D eigenvalue weighted by atomic mass is 10.2. The largest absolute Gasteiger partial charge is 0.483 e. The highest BCUT2D eigenvalue weighted by molar-refractivity contribution is 9.10. The monoisotopic (exact) mass is 327 g/mol. The first kappa shape index (κ1) is 14.3. The first-order valence-electron chi connectivity index (χ1n) is 6.41. The predicted molar refractivity (Wildman–Crippen MR) is 76.2 cm³/mol. The summed E-state index contributed by atoms with van der Waals surface area (Å²) in [6, 6.07) is 5.70. The highest BCUT2D eigenvalue weighted by atomic mass is 79.9. The molecule has 0 aliphatic carbocycles. The zero-order valence-corrected chi connectivity index (χ0v) is 12.5. The Kier molecular flexibility index (Phi) is 4.82. The van der Waals surface area contributed by atoms with Crippen LogP contribution in [0.5, 0.6) is 5.75 Å². The number of likely N-dealkylation sites (tertiary alicyclic amines) is 1. The van der Waals surface area contributed by atoms with Crippen molar-refractivity contribution in [2.75, 3.05) is 19.8 Å². The third kappa shape index (κ3) is 3.48. The maximum Gasteiger partial charge on any atom is 0.260 e. The van der Waals surface area contributed by atoms with Gasteiger partial charge in [-0.1, -0.05) is 6.07 Å². The number of ether oxygens (including phenoxy) is 1. The maximum absolute atomic E-state index is 12.0. The highest BCUT2D eigenvalue weighted by Crippen LogP contribution is 2.26. The Balaban J connectivity index is 1.93. The molecule has 0 radical (unpaired) electrons. The number of rotatable bonds is 4. The van der Waals surface area contributed by atoms with E-state index in [1.54, 1.807) is 4.90 Å². The average molecular weight is 328 g/mol. The van der Waals surface area contributed by atoms with Crippen LogP contribution in [-0.4, -0.2) is 41.7 Å². The molecule has 4 nitrogen and oxygen atoms in total. The van der Waals surface area contributed by atoms with E-state index in [0.29, 0.717) is 12.3 Å². The van der Waals surface area contributed by atoms with Gasteiger partial charge in [-0.25, -0.2) is 0 Å². The van der Waals surface area contributed by atoms with E-state index in [1.807, 2.05) is 25.1 Å². The number of aryl methyl sites for hydroxylation is 1. The van der Waals surface area contributed by atoms with Crippen LogP contribution in [0.15, 0.2) is 22.7 Å². The molecule has 1 saturated heterocycles. The summed E-state index contributed by atoms with van der Waals surface area (Å²) in [6.45, 7) is 2.75. The molecule has 1 atom stereocenters. The van der Waals surface area contributed by atoms with Crippen molar-refractivity contribution in [2.24, 2.45) is 0 Å². The van der Waals surface area contributed by atoms with Crippen molar-refractivity contribution < 1.29 is 14.6 Å². The smallest absolute Gasteiger partial charge is 0.260 e. The van der Waals surface area contributed by atoms with Gasteiger partial charge in [-0.15, -0.1) is 0 Å². The Labute approximate surface area is 121 Å². The van der Waals surface area contributed by atoms with Gasteiger partial charge in [0.2, 0.25) is 0 Å². The van der Waals surface area contributed by atoms with Gasteiger partial charge >= 0.3 is 0 Å². The molecule has 0 bridgehead atoms. The van der Waals surface area contributed by atoms with E-state index in [2.05, 4.69) is 15.9 Å². The van der Waals surface area contributed by atoms with E-state index in [-0.39, 0.29) is 25.2 Å². The molecule has 1 aliphatic heterocycles. The first-order chi connectivity index (χ1) is 9.11. The molecule has 1 heterocycles. The van der Waals surface area contributed by atoms with Crippen molar-refractivity contribution in [3.63, 3.8) is 0 Å². The van der Waals surface area contributed by atoms with Gasteiger partial charge in [0.05, 0.1) is 17.1 Å². The molecule has 19 heavy (non-hydrogen) atoms. The number of halogens is 1. The summed E-state index contributed by atoms with van der Waals surface area (Å²) in [6.07, 6.45) is 1.82. The minimum absolute atomic E-state index is 0.0121. The van der Waals surface area contributed by atoms with Crippen LogP contribution >= 0.6 is 15.9 Å². The molecule has 1 fully saturated rings. The van der Waals surface area contributed by atoms with E-state index < -0.39 is 0 Å². The third-order valence-electron chi connectivity index (χ3n) is 3.35. The summed E-state index contributed by atoms with van der Waals surface area (Å²) in [7, 11) is 0. The van der Waals surface area contributed by atoms with E-state index in [1.165, 1.54) is 0 Å². The quantitative estimate of drug-likeness (QED) is 0.921. The Bertz CT molecular complexity index is 464. The fraction of sp³-hybridized carbons (Fsp3) is 0.500. The van der Waals surface area contributed by atoms with Crippen LogP contribution in [0, 0.1) is 6.92 Å². The number of aliphatic hydroxyl groups is 1. The fourth-order valence-electron chi connectivity index (χ4n) is 2.30. The summed E-state index contributed by atoms with van der Waals surface area (Å²) in [5.41, 5.74) is 1.13. The number of benzene rings is 1. The van der Waals surface area contributed by atoms with Gasteiger partial charge in [-0.3, -0.25) is 4.79 Å². The van der Waals surface area contributed by atoms with E-state index >= 15 is 0 Å². The van der Waals surface area contributed by atoms with Crippen LogP contribution in [0.4, 0.5) is 0 Å². The Morgan fingerprint density at radius 2 is 2.37 bits per heavy atom. The predicted octanol–water partition coefficient (Wildman–Crippen LogP) is 2.12. The third-order valence-corrected chi connectivity index (χ3v) is 3.97. The van der Waals surface area contributed by atoms with Crippen molar-refractivity contribution in [3.8, 4) is 5.75 Å². The lowest BCUT2D eigenvalue weighted by Crippen LogP contribution is -2.40. The zero-order valence-electron chi connectivity index (χ0n) is 10.9. The number of hydrogen-bond acceptors (Lipinski definition) is 3. The van der Waals surface area contributed by atoms with Crippen LogP contribution in [0.1, 0.15) is 18.4 Å². The van der Waals surface area contributed by atoms with Crippen LogP contribution in [0.2, 0.25) is 0 Å². The maximum atomic E-state index is 12.0. The normalized spacial score (nSPS) is 18.7. The molecular formula is C14H18BrNO3. The molecule has 104 valence electrons. The fourth-order valence-corrected chi connectivity index (χ4v) is 2.91. The second kappa shape index (κ2) is 6.39. The number of aliphatic hydroxyl groups excluding tert-OH is 1. The standard InChI is InChI=1S/C14H18BrNO3/c1-10-4-5-13(12(15)7-10)19-9-14(18)16-6-2-3-11(16)8-17/h4-5,7,11,17H,2-3,6,8-9H2,1H3/t11-/m0/s1. The topological polar surface area (TPSA) is 49.8 Å². The molecule has 1 aromatic carbocycles. The molecule has 0 spiro atoms. The Morgan fingerprint density at radius 3 is 3.05 bits per heavy atom. The SMILES string of the molecule is Cc1ccc(OCC(=O)N2CCC[C@H]2CO)c(Br)c1. The van der Waals surface area contributed by atoms with Crippen LogP contribution in [0.3, 0.4) is 0 Å². The van der Waals surface area contributed by atoms with Crippen LogP contribution in [0.25, 0.3) is 0 Å². The molecule has 0 unspecified atom stereocenters. The number of nitrogens with zero attached hydrogens (tertiary/aromatic N) is 1. The number of carbonyl (C=O) groups excluding carboxylic acids is 1. The van der Waals surface area contributed by atoms with Gasteiger partial charge in [0.1, 0.15) is 5.75 Å². The summed E-state index contributed by atoms with van der Waals surface area (Å²) in [5, 5.41) is 9.20. The van der Waals surface area contributed by atoms with Crippen molar-refractivity contribution >= 4 is 21.8 Å². The molecule has 0 aromatic heterocycles. The average Bonchev–Trinajstić information content (AvgIpc) is 2.85. The Hall–Kier alpha value is -1.07. The van der Waals surface area contributed by atoms with Gasteiger partial charge < -0.3 is 14.7 Å². The zero-order chi connectivity index (χ0) is 13.8. The molecule has 1 aromatic rings. The van der Waals surface area contributed by atoms with Gasteiger partial charge in [0.25, 0.3) is 5.91 Å². The summed E-state index contributed by atoms with van der Waals surface area (Å²) < 4.78 is 6.39. The van der Waals surface area contributed by atoms with Gasteiger partial charge in [-0.2, -0.15) is 0 Å². The summed E-state index contributed by atoms with van der Waals surface area (Å²) in [5.74, 6) is 0.600. The molecule has 0 saturated carbocycles. The first-order valence-corrected chi connectivity index (χ1v) is 7.20. The van der Waals surface area contributed by atoms with Gasteiger partial charge in [0.15, 0.2) is 6.61 Å². The molecule has 5 heteroatoms. The molecular weight excluding hydrogens is 310 g/mol. The van der Waals surface area contributed by atoms with Crippen LogP contribution < -0.4 is 4.74 Å². The van der Waals surface area contributed by atoms with Crippen molar-refractivity contribution in [3.05, 3.63) is 28.2 Å². The minimum atomic E-state index is -0.0657. The summed E-state index contributed by atoms with van der Waals surface area (Å²) in [4.78, 5) is 13.8. The van der Waals surface area contributed by atoms with E-state index in [4.69, 9.17) is 4.74 Å².